The Hall–Kier alpha value is -1.51. The van der Waals surface area contributed by atoms with Crippen molar-refractivity contribution in [2.45, 2.75) is 32.1 Å². The number of benzene rings is 1. The molecule has 1 saturated heterocycles. The van der Waals surface area contributed by atoms with Crippen LogP contribution in [0.5, 0.6) is 5.75 Å². The third-order valence-corrected chi connectivity index (χ3v) is 3.34. The van der Waals surface area contributed by atoms with E-state index in [1.807, 2.05) is 6.07 Å². The number of ether oxygens (including phenoxy) is 1. The highest BCUT2D eigenvalue weighted by Gasteiger charge is 2.28. The molecule has 1 unspecified atom stereocenters. The van der Waals surface area contributed by atoms with Gasteiger partial charge in [0.1, 0.15) is 5.75 Å². The number of rotatable bonds is 3. The molecule has 0 radical (unpaired) electrons. The van der Waals surface area contributed by atoms with Gasteiger partial charge in [0, 0.05) is 12.1 Å². The fourth-order valence-electron chi connectivity index (χ4n) is 2.27. The third-order valence-electron chi connectivity index (χ3n) is 3.34. The molecular weight excluding hydrogens is 214 g/mol. The standard InChI is InChI=1S/C14H19NO2/c1-9(2)10-4-5-13(17-3)12(8-10)11-6-7-15-14(11)16/h4-5,8-9,11H,6-7H2,1-3H3,(H,15,16). The molecule has 0 aliphatic carbocycles. The molecule has 1 aliphatic heterocycles. The zero-order valence-electron chi connectivity index (χ0n) is 10.6. The number of hydrogen-bond acceptors (Lipinski definition) is 2. The quantitative estimate of drug-likeness (QED) is 0.870. The van der Waals surface area contributed by atoms with E-state index in [9.17, 15) is 4.79 Å². The zero-order valence-corrected chi connectivity index (χ0v) is 10.6. The minimum Gasteiger partial charge on any atom is -0.496 e. The largest absolute Gasteiger partial charge is 0.496 e. The van der Waals surface area contributed by atoms with Gasteiger partial charge in [-0.25, -0.2) is 0 Å². The fourth-order valence-corrected chi connectivity index (χ4v) is 2.27. The average molecular weight is 233 g/mol. The molecule has 1 N–H and O–H groups in total. The van der Waals surface area contributed by atoms with E-state index in [-0.39, 0.29) is 11.8 Å². The maximum atomic E-state index is 11.8. The summed E-state index contributed by atoms with van der Waals surface area (Å²) in [7, 11) is 1.65. The van der Waals surface area contributed by atoms with E-state index in [1.165, 1.54) is 5.56 Å². The van der Waals surface area contributed by atoms with Crippen molar-refractivity contribution in [2.24, 2.45) is 0 Å². The van der Waals surface area contributed by atoms with Gasteiger partial charge in [0.15, 0.2) is 0 Å². The average Bonchev–Trinajstić information content (AvgIpc) is 2.74. The highest BCUT2D eigenvalue weighted by atomic mass is 16.5. The topological polar surface area (TPSA) is 38.3 Å². The highest BCUT2D eigenvalue weighted by molar-refractivity contribution is 5.86. The molecule has 2 rings (SSSR count). The van der Waals surface area contributed by atoms with E-state index < -0.39 is 0 Å². The van der Waals surface area contributed by atoms with Crippen LogP contribution in [0.1, 0.15) is 43.2 Å². The first-order valence-corrected chi connectivity index (χ1v) is 6.09. The van der Waals surface area contributed by atoms with Crippen LogP contribution in [0.15, 0.2) is 18.2 Å². The van der Waals surface area contributed by atoms with Gasteiger partial charge >= 0.3 is 0 Å². The summed E-state index contributed by atoms with van der Waals surface area (Å²) in [4.78, 5) is 11.8. The Bertz CT molecular complexity index is 426. The second kappa shape index (κ2) is 4.78. The minimum atomic E-state index is -0.0522. The molecule has 0 saturated carbocycles. The summed E-state index contributed by atoms with van der Waals surface area (Å²) in [6, 6.07) is 6.15. The van der Waals surface area contributed by atoms with Crippen LogP contribution in [0.2, 0.25) is 0 Å². The second-order valence-electron chi connectivity index (χ2n) is 4.79. The molecule has 3 nitrogen and oxygen atoms in total. The number of carbonyl (C=O) groups excluding carboxylic acids is 1. The summed E-state index contributed by atoms with van der Waals surface area (Å²) in [5.41, 5.74) is 2.27. The summed E-state index contributed by atoms with van der Waals surface area (Å²) in [6.07, 6.45) is 0.858. The van der Waals surface area contributed by atoms with E-state index >= 15 is 0 Å². The Balaban J connectivity index is 2.41. The van der Waals surface area contributed by atoms with Crippen molar-refractivity contribution in [3.8, 4) is 5.75 Å². The maximum Gasteiger partial charge on any atom is 0.227 e. The van der Waals surface area contributed by atoms with Crippen LogP contribution in [-0.2, 0) is 4.79 Å². The lowest BCUT2D eigenvalue weighted by Crippen LogP contribution is -2.18. The lowest BCUT2D eigenvalue weighted by Gasteiger charge is -2.15. The van der Waals surface area contributed by atoms with Crippen LogP contribution in [0, 0.1) is 0 Å². The smallest absolute Gasteiger partial charge is 0.227 e. The zero-order chi connectivity index (χ0) is 12.4. The van der Waals surface area contributed by atoms with E-state index in [1.54, 1.807) is 7.11 Å². The molecular formula is C14H19NO2. The molecule has 0 bridgehead atoms. The highest BCUT2D eigenvalue weighted by Crippen LogP contribution is 2.33. The van der Waals surface area contributed by atoms with Crippen molar-refractivity contribution >= 4 is 5.91 Å². The van der Waals surface area contributed by atoms with Crippen molar-refractivity contribution in [1.82, 2.24) is 5.32 Å². The Labute approximate surface area is 102 Å². The molecule has 1 amide bonds. The predicted octanol–water partition coefficient (Wildman–Crippen LogP) is 2.42. The predicted molar refractivity (Wildman–Crippen MR) is 67.5 cm³/mol. The first-order chi connectivity index (χ1) is 8.13. The van der Waals surface area contributed by atoms with Crippen LogP contribution in [0.4, 0.5) is 0 Å². The number of amides is 1. The van der Waals surface area contributed by atoms with Crippen molar-refractivity contribution < 1.29 is 9.53 Å². The van der Waals surface area contributed by atoms with Gasteiger partial charge in [-0.2, -0.15) is 0 Å². The third kappa shape index (κ3) is 2.28. The number of nitrogens with one attached hydrogen (secondary N) is 1. The SMILES string of the molecule is COc1ccc(C(C)C)cc1C1CCNC1=O. The van der Waals surface area contributed by atoms with E-state index in [4.69, 9.17) is 4.74 Å². The monoisotopic (exact) mass is 233 g/mol. The normalized spacial score (nSPS) is 19.5. The van der Waals surface area contributed by atoms with Gasteiger partial charge in [-0.15, -0.1) is 0 Å². The van der Waals surface area contributed by atoms with Gasteiger partial charge in [0.2, 0.25) is 5.91 Å². The van der Waals surface area contributed by atoms with Gasteiger partial charge in [-0.3, -0.25) is 4.79 Å². The summed E-state index contributed by atoms with van der Waals surface area (Å²) in [6.45, 7) is 5.07. The molecule has 1 aromatic rings. The Morgan fingerprint density at radius 3 is 2.71 bits per heavy atom. The van der Waals surface area contributed by atoms with Crippen molar-refractivity contribution in [3.63, 3.8) is 0 Å². The van der Waals surface area contributed by atoms with Crippen molar-refractivity contribution in [1.29, 1.82) is 0 Å². The van der Waals surface area contributed by atoms with Gasteiger partial charge < -0.3 is 10.1 Å². The Morgan fingerprint density at radius 2 is 2.18 bits per heavy atom. The van der Waals surface area contributed by atoms with Crippen molar-refractivity contribution in [3.05, 3.63) is 29.3 Å². The molecule has 0 spiro atoms. The molecule has 17 heavy (non-hydrogen) atoms. The second-order valence-corrected chi connectivity index (χ2v) is 4.79. The molecule has 1 fully saturated rings. The number of carbonyl (C=O) groups is 1. The van der Waals surface area contributed by atoms with Crippen LogP contribution >= 0.6 is 0 Å². The molecule has 0 aromatic heterocycles. The van der Waals surface area contributed by atoms with Crippen molar-refractivity contribution in [2.75, 3.05) is 13.7 Å². The maximum absolute atomic E-state index is 11.8. The molecule has 1 aromatic carbocycles. The Kier molecular flexibility index (Phi) is 3.36. The molecule has 1 aliphatic rings. The van der Waals surface area contributed by atoms with Gasteiger partial charge in [-0.05, 0) is 24.0 Å². The van der Waals surface area contributed by atoms with Crippen LogP contribution in [-0.4, -0.2) is 19.6 Å². The number of methoxy groups -OCH3 is 1. The van der Waals surface area contributed by atoms with E-state index in [0.29, 0.717) is 5.92 Å². The fraction of sp³-hybridized carbons (Fsp3) is 0.500. The van der Waals surface area contributed by atoms with Crippen LogP contribution in [0.3, 0.4) is 0 Å². The number of hydrogen-bond donors (Lipinski definition) is 1. The van der Waals surface area contributed by atoms with Crippen LogP contribution < -0.4 is 10.1 Å². The molecule has 1 heterocycles. The lowest BCUT2D eigenvalue weighted by atomic mass is 9.92. The minimum absolute atomic E-state index is 0.0522. The Morgan fingerprint density at radius 1 is 1.41 bits per heavy atom. The summed E-state index contributed by atoms with van der Waals surface area (Å²) in [5.74, 6) is 1.34. The summed E-state index contributed by atoms with van der Waals surface area (Å²) >= 11 is 0. The van der Waals surface area contributed by atoms with Gasteiger partial charge in [0.25, 0.3) is 0 Å². The van der Waals surface area contributed by atoms with Gasteiger partial charge in [-0.1, -0.05) is 26.0 Å². The molecule has 1 atom stereocenters. The first-order valence-electron chi connectivity index (χ1n) is 6.09. The summed E-state index contributed by atoms with van der Waals surface area (Å²) in [5, 5.41) is 2.87. The van der Waals surface area contributed by atoms with E-state index in [0.717, 1.165) is 24.3 Å². The van der Waals surface area contributed by atoms with Crippen LogP contribution in [0.25, 0.3) is 0 Å². The first kappa shape index (κ1) is 12.0. The van der Waals surface area contributed by atoms with E-state index in [2.05, 4.69) is 31.3 Å². The summed E-state index contributed by atoms with van der Waals surface area (Å²) < 4.78 is 5.36. The molecule has 3 heteroatoms. The lowest BCUT2D eigenvalue weighted by molar-refractivity contribution is -0.120. The molecule has 92 valence electrons. The van der Waals surface area contributed by atoms with Gasteiger partial charge in [0.05, 0.1) is 13.0 Å².